The maximum absolute atomic E-state index is 2.48. The Bertz CT molecular complexity index is 825. The third-order valence-electron chi connectivity index (χ3n) is 5.47. The van der Waals surface area contributed by atoms with E-state index in [1.165, 1.54) is 57.6 Å². The first kappa shape index (κ1) is 12.3. The van der Waals surface area contributed by atoms with Crippen molar-refractivity contribution in [3.8, 4) is 22.3 Å². The molecule has 2 aliphatic rings. The summed E-state index contributed by atoms with van der Waals surface area (Å²) in [5.41, 5.74) is 12.0. The lowest BCUT2D eigenvalue weighted by molar-refractivity contribution is 0.736. The topological polar surface area (TPSA) is 4.93 Å². The van der Waals surface area contributed by atoms with Gasteiger partial charge in [-0.2, -0.15) is 0 Å². The Morgan fingerprint density at radius 1 is 0.636 bits per heavy atom. The lowest BCUT2D eigenvalue weighted by Gasteiger charge is -2.21. The highest BCUT2D eigenvalue weighted by Crippen LogP contribution is 2.47. The molecule has 0 amide bonds. The van der Waals surface area contributed by atoms with Crippen molar-refractivity contribution in [1.29, 1.82) is 0 Å². The molecule has 0 bridgehead atoms. The quantitative estimate of drug-likeness (QED) is 0.571. The second-order valence-electron chi connectivity index (χ2n) is 6.52. The van der Waals surface area contributed by atoms with Crippen LogP contribution < -0.4 is 0 Å². The summed E-state index contributed by atoms with van der Waals surface area (Å²) >= 11 is 0. The lowest BCUT2D eigenvalue weighted by Crippen LogP contribution is -2.08. The molecule has 1 heteroatoms. The number of aryl methyl sites for hydroxylation is 2. The predicted octanol–water partition coefficient (Wildman–Crippen LogP) is 4.56. The number of nitrogens with zero attached hydrogens (tertiary/aromatic N) is 1. The molecule has 0 spiro atoms. The summed E-state index contributed by atoms with van der Waals surface area (Å²) in [4.78, 5) is 0. The number of fused-ring (bicyclic) bond motifs is 7. The van der Waals surface area contributed by atoms with Gasteiger partial charge in [-0.05, 0) is 47.9 Å². The molecule has 0 aliphatic heterocycles. The maximum Gasteiger partial charge on any atom is 0.0262 e. The molecule has 0 saturated heterocycles. The van der Waals surface area contributed by atoms with E-state index in [4.69, 9.17) is 0 Å². The molecule has 0 unspecified atom stereocenters. The van der Waals surface area contributed by atoms with Gasteiger partial charge in [-0.1, -0.05) is 48.5 Å². The van der Waals surface area contributed by atoms with E-state index in [2.05, 4.69) is 60.1 Å². The van der Waals surface area contributed by atoms with Crippen molar-refractivity contribution in [2.75, 3.05) is 0 Å². The van der Waals surface area contributed by atoms with Gasteiger partial charge in [0.15, 0.2) is 0 Å². The van der Waals surface area contributed by atoms with Crippen LogP contribution in [0, 0.1) is 0 Å². The molecular weight excluding hydrogens is 266 g/mol. The van der Waals surface area contributed by atoms with Gasteiger partial charge in [-0.25, -0.2) is 0 Å². The summed E-state index contributed by atoms with van der Waals surface area (Å²) in [6, 6.07) is 17.9. The predicted molar refractivity (Wildman–Crippen MR) is 91.1 cm³/mol. The summed E-state index contributed by atoms with van der Waals surface area (Å²) in [6.07, 6.45) is 4.67. The Kier molecular flexibility index (Phi) is 2.43. The van der Waals surface area contributed by atoms with Gasteiger partial charge in [0.05, 0.1) is 0 Å². The van der Waals surface area contributed by atoms with Crippen molar-refractivity contribution >= 4 is 0 Å². The van der Waals surface area contributed by atoms with Gasteiger partial charge >= 0.3 is 0 Å². The van der Waals surface area contributed by atoms with Crippen LogP contribution in [0.25, 0.3) is 22.3 Å². The van der Waals surface area contributed by atoms with Crippen molar-refractivity contribution in [2.24, 2.45) is 7.05 Å². The molecule has 1 nitrogen and oxygen atoms in total. The SMILES string of the molecule is Cn1c2c(c3c1CCc1ccccc1-3)-c1ccccc1CC2. The van der Waals surface area contributed by atoms with E-state index in [0.717, 1.165) is 12.8 Å². The zero-order chi connectivity index (χ0) is 14.7. The molecule has 1 heterocycles. The third kappa shape index (κ3) is 1.49. The molecule has 0 fully saturated rings. The van der Waals surface area contributed by atoms with Gasteiger partial charge in [-0.15, -0.1) is 0 Å². The molecule has 108 valence electrons. The fourth-order valence-corrected chi connectivity index (χ4v) is 4.42. The van der Waals surface area contributed by atoms with E-state index >= 15 is 0 Å². The van der Waals surface area contributed by atoms with Crippen molar-refractivity contribution in [2.45, 2.75) is 25.7 Å². The number of rotatable bonds is 0. The van der Waals surface area contributed by atoms with Gasteiger partial charge in [0.1, 0.15) is 0 Å². The highest BCUT2D eigenvalue weighted by molar-refractivity contribution is 5.92. The Morgan fingerprint density at radius 3 is 1.59 bits per heavy atom. The second-order valence-corrected chi connectivity index (χ2v) is 6.52. The number of hydrogen-bond donors (Lipinski definition) is 0. The Morgan fingerprint density at radius 2 is 1.09 bits per heavy atom. The zero-order valence-corrected chi connectivity index (χ0v) is 12.9. The van der Waals surface area contributed by atoms with Crippen LogP contribution in [0.5, 0.6) is 0 Å². The fourth-order valence-electron chi connectivity index (χ4n) is 4.42. The average Bonchev–Trinajstić information content (AvgIpc) is 2.88. The Hall–Kier alpha value is -2.28. The summed E-state index contributed by atoms with van der Waals surface area (Å²) < 4.78 is 2.48. The highest BCUT2D eigenvalue weighted by Gasteiger charge is 2.29. The van der Waals surface area contributed by atoms with Gasteiger partial charge < -0.3 is 4.57 Å². The molecule has 0 saturated carbocycles. The van der Waals surface area contributed by atoms with Gasteiger partial charge in [0.2, 0.25) is 0 Å². The van der Waals surface area contributed by atoms with E-state index in [-0.39, 0.29) is 0 Å². The van der Waals surface area contributed by atoms with Crippen LogP contribution in [0.4, 0.5) is 0 Å². The standard InChI is InChI=1S/C21H19N/c1-22-18-12-10-14-6-2-4-8-16(14)20(18)21-17-9-5-3-7-15(17)11-13-19(21)22/h2-9H,10-13H2,1H3. The highest BCUT2D eigenvalue weighted by atomic mass is 15.0. The first-order chi connectivity index (χ1) is 10.8. The van der Waals surface area contributed by atoms with Crippen LogP contribution in [-0.2, 0) is 32.7 Å². The summed E-state index contributed by atoms with van der Waals surface area (Å²) in [5, 5.41) is 0. The maximum atomic E-state index is 2.48. The van der Waals surface area contributed by atoms with Crippen molar-refractivity contribution in [1.82, 2.24) is 4.57 Å². The van der Waals surface area contributed by atoms with E-state index < -0.39 is 0 Å². The van der Waals surface area contributed by atoms with E-state index in [1.54, 1.807) is 0 Å². The van der Waals surface area contributed by atoms with Crippen LogP contribution in [0.3, 0.4) is 0 Å². The number of hydrogen-bond acceptors (Lipinski definition) is 0. The molecule has 3 aromatic rings. The first-order valence-corrected chi connectivity index (χ1v) is 8.21. The second kappa shape index (κ2) is 4.36. The van der Waals surface area contributed by atoms with Crippen LogP contribution in [-0.4, -0.2) is 4.57 Å². The molecule has 2 aliphatic carbocycles. The molecular formula is C21H19N. The van der Waals surface area contributed by atoms with Gasteiger partial charge in [0, 0.05) is 29.6 Å². The largest absolute Gasteiger partial charge is 0.350 e. The van der Waals surface area contributed by atoms with Crippen molar-refractivity contribution < 1.29 is 0 Å². The molecule has 1 aromatic heterocycles. The Balaban J connectivity index is 1.90. The summed E-state index contributed by atoms with van der Waals surface area (Å²) in [6.45, 7) is 0. The molecule has 0 N–H and O–H groups in total. The summed E-state index contributed by atoms with van der Waals surface area (Å²) in [7, 11) is 2.26. The van der Waals surface area contributed by atoms with Gasteiger partial charge in [-0.3, -0.25) is 0 Å². The fraction of sp³-hybridized carbons (Fsp3) is 0.238. The minimum absolute atomic E-state index is 1.16. The number of benzene rings is 2. The minimum Gasteiger partial charge on any atom is -0.350 e. The molecule has 5 rings (SSSR count). The molecule has 2 aromatic carbocycles. The normalized spacial score (nSPS) is 14.8. The van der Waals surface area contributed by atoms with E-state index in [0.29, 0.717) is 0 Å². The Labute approximate surface area is 131 Å². The van der Waals surface area contributed by atoms with E-state index in [9.17, 15) is 0 Å². The first-order valence-electron chi connectivity index (χ1n) is 8.21. The van der Waals surface area contributed by atoms with Crippen molar-refractivity contribution in [3.05, 3.63) is 71.0 Å². The van der Waals surface area contributed by atoms with Crippen LogP contribution in [0.1, 0.15) is 22.5 Å². The third-order valence-corrected chi connectivity index (χ3v) is 5.47. The molecule has 0 radical (unpaired) electrons. The van der Waals surface area contributed by atoms with Gasteiger partial charge in [0.25, 0.3) is 0 Å². The summed E-state index contributed by atoms with van der Waals surface area (Å²) in [5.74, 6) is 0. The van der Waals surface area contributed by atoms with Crippen LogP contribution in [0.15, 0.2) is 48.5 Å². The lowest BCUT2D eigenvalue weighted by atomic mass is 9.82. The van der Waals surface area contributed by atoms with Crippen molar-refractivity contribution in [3.63, 3.8) is 0 Å². The minimum atomic E-state index is 1.16. The zero-order valence-electron chi connectivity index (χ0n) is 12.9. The van der Waals surface area contributed by atoms with Crippen LogP contribution >= 0.6 is 0 Å². The molecule has 22 heavy (non-hydrogen) atoms. The van der Waals surface area contributed by atoms with E-state index in [1.807, 2.05) is 0 Å². The smallest absolute Gasteiger partial charge is 0.0262 e. The number of aromatic nitrogens is 1. The van der Waals surface area contributed by atoms with Crippen LogP contribution in [0.2, 0.25) is 0 Å². The average molecular weight is 285 g/mol. The monoisotopic (exact) mass is 285 g/mol. The molecule has 0 atom stereocenters.